The molecule has 1 aliphatic rings. The summed E-state index contributed by atoms with van der Waals surface area (Å²) in [6.45, 7) is 8.28. The molecule has 7 nitrogen and oxygen atoms in total. The van der Waals surface area contributed by atoms with Crippen molar-refractivity contribution < 1.29 is 9.66 Å². The molecule has 7 heteroatoms. The number of aromatic nitrogens is 2. The van der Waals surface area contributed by atoms with Gasteiger partial charge in [0.05, 0.1) is 11.0 Å². The third-order valence-corrected chi connectivity index (χ3v) is 3.56. The van der Waals surface area contributed by atoms with E-state index in [0.29, 0.717) is 18.1 Å². The van der Waals surface area contributed by atoms with E-state index in [-0.39, 0.29) is 28.8 Å². The van der Waals surface area contributed by atoms with Gasteiger partial charge < -0.3 is 10.1 Å². The van der Waals surface area contributed by atoms with Crippen molar-refractivity contribution in [3.8, 4) is 0 Å². The predicted molar refractivity (Wildman–Crippen MR) is 76.1 cm³/mol. The van der Waals surface area contributed by atoms with Crippen LogP contribution in [-0.2, 0) is 4.74 Å². The lowest BCUT2D eigenvalue weighted by Crippen LogP contribution is -2.41. The van der Waals surface area contributed by atoms with Crippen LogP contribution < -0.4 is 5.32 Å². The van der Waals surface area contributed by atoms with Gasteiger partial charge in [-0.05, 0) is 40.5 Å². The van der Waals surface area contributed by atoms with Gasteiger partial charge in [0.15, 0.2) is 0 Å². The van der Waals surface area contributed by atoms with Crippen LogP contribution in [0, 0.1) is 17.0 Å². The highest BCUT2D eigenvalue weighted by atomic mass is 16.6. The van der Waals surface area contributed by atoms with Crippen LogP contribution in [0.1, 0.15) is 45.3 Å². The summed E-state index contributed by atoms with van der Waals surface area (Å²) in [6.07, 6.45) is 2.04. The second-order valence-electron chi connectivity index (χ2n) is 5.47. The van der Waals surface area contributed by atoms with Crippen molar-refractivity contribution in [3.63, 3.8) is 0 Å². The van der Waals surface area contributed by atoms with E-state index in [1.807, 2.05) is 20.8 Å². The van der Waals surface area contributed by atoms with Crippen molar-refractivity contribution in [2.75, 3.05) is 11.9 Å². The lowest BCUT2D eigenvalue weighted by molar-refractivity contribution is -0.384. The Balaban J connectivity index is 2.16. The average Bonchev–Trinajstić information content (AvgIpc) is 2.63. The molecule has 0 atom stereocenters. The Labute approximate surface area is 118 Å². The number of nitrogens with zero attached hydrogens (tertiary/aromatic N) is 3. The monoisotopic (exact) mass is 282 g/mol. The zero-order chi connectivity index (χ0) is 14.9. The van der Waals surface area contributed by atoms with Gasteiger partial charge >= 0.3 is 5.69 Å². The molecular weight excluding hydrogens is 260 g/mol. The van der Waals surface area contributed by atoms with Gasteiger partial charge in [-0.15, -0.1) is 0 Å². The summed E-state index contributed by atoms with van der Waals surface area (Å²) >= 11 is 0. The van der Waals surface area contributed by atoms with E-state index in [4.69, 9.17) is 4.74 Å². The number of nitrogens with one attached hydrogen (secondary N) is 1. The molecule has 112 valence electrons. The number of nitro groups is 1. The molecule has 0 spiro atoms. The Morgan fingerprint density at radius 3 is 2.70 bits per heavy atom. The number of aryl methyl sites for hydroxylation is 1. The van der Waals surface area contributed by atoms with Gasteiger partial charge in [-0.25, -0.2) is 4.68 Å². The maximum atomic E-state index is 11.2. The second-order valence-corrected chi connectivity index (χ2v) is 5.47. The fourth-order valence-corrected chi connectivity index (χ4v) is 2.51. The van der Waals surface area contributed by atoms with Crippen molar-refractivity contribution in [1.29, 1.82) is 0 Å². The van der Waals surface area contributed by atoms with Crippen LogP contribution >= 0.6 is 0 Å². The largest absolute Gasteiger partial charge is 0.378 e. The Hall–Kier alpha value is -1.63. The molecular formula is C13H22N4O3. The van der Waals surface area contributed by atoms with E-state index < -0.39 is 0 Å². The summed E-state index contributed by atoms with van der Waals surface area (Å²) in [7, 11) is 0. The molecule has 1 fully saturated rings. The SMILES string of the molecule is CCOC1CC(Nc2c([N+](=O)[O-])c(C)nn2C(C)C)C1. The maximum Gasteiger partial charge on any atom is 0.333 e. The highest BCUT2D eigenvalue weighted by Crippen LogP contribution is 2.34. The van der Waals surface area contributed by atoms with Crippen LogP contribution in [0.15, 0.2) is 0 Å². The Morgan fingerprint density at radius 1 is 1.55 bits per heavy atom. The number of rotatable bonds is 6. The topological polar surface area (TPSA) is 82.2 Å². The lowest BCUT2D eigenvalue weighted by Gasteiger charge is -2.35. The van der Waals surface area contributed by atoms with Crippen LogP contribution in [0.3, 0.4) is 0 Å². The first-order valence-corrected chi connectivity index (χ1v) is 7.05. The first kappa shape index (κ1) is 14.8. The fraction of sp³-hybridized carbons (Fsp3) is 0.769. The molecule has 0 bridgehead atoms. The van der Waals surface area contributed by atoms with Crippen LogP contribution in [0.25, 0.3) is 0 Å². The zero-order valence-corrected chi connectivity index (χ0v) is 12.4. The van der Waals surface area contributed by atoms with Crippen LogP contribution in [0.5, 0.6) is 0 Å². The molecule has 0 aliphatic heterocycles. The van der Waals surface area contributed by atoms with Gasteiger partial charge in [-0.3, -0.25) is 10.1 Å². The molecule has 1 saturated carbocycles. The van der Waals surface area contributed by atoms with Crippen molar-refractivity contribution in [3.05, 3.63) is 15.8 Å². The lowest BCUT2D eigenvalue weighted by atomic mass is 9.89. The van der Waals surface area contributed by atoms with Crippen molar-refractivity contribution in [2.45, 2.75) is 58.7 Å². The molecule has 1 heterocycles. The van der Waals surface area contributed by atoms with Crippen molar-refractivity contribution in [2.24, 2.45) is 0 Å². The normalized spacial score (nSPS) is 21.9. The molecule has 0 saturated heterocycles. The van der Waals surface area contributed by atoms with Crippen LogP contribution in [0.4, 0.5) is 11.5 Å². The number of anilines is 1. The summed E-state index contributed by atoms with van der Waals surface area (Å²) in [6, 6.07) is 0.298. The van der Waals surface area contributed by atoms with E-state index in [2.05, 4.69) is 10.4 Å². The zero-order valence-electron chi connectivity index (χ0n) is 12.4. The molecule has 0 aromatic carbocycles. The van der Waals surface area contributed by atoms with E-state index in [1.165, 1.54) is 0 Å². The first-order valence-electron chi connectivity index (χ1n) is 7.05. The molecule has 1 N–H and O–H groups in total. The van der Waals surface area contributed by atoms with Crippen LogP contribution in [0.2, 0.25) is 0 Å². The van der Waals surface area contributed by atoms with E-state index in [1.54, 1.807) is 11.6 Å². The predicted octanol–water partition coefficient (Wildman–Crippen LogP) is 2.66. The van der Waals surface area contributed by atoms with Crippen molar-refractivity contribution >= 4 is 11.5 Å². The standard InChI is InChI=1S/C13H22N4O3/c1-5-20-11-6-10(7-11)14-13-12(17(18)19)9(4)15-16(13)8(2)3/h8,10-11,14H,5-7H2,1-4H3. The van der Waals surface area contributed by atoms with Gasteiger partial charge in [0.1, 0.15) is 5.69 Å². The van der Waals surface area contributed by atoms with Gasteiger partial charge in [-0.1, -0.05) is 0 Å². The molecule has 1 aromatic heterocycles. The minimum atomic E-state index is -0.359. The Bertz CT molecular complexity index is 492. The summed E-state index contributed by atoms with van der Waals surface area (Å²) in [5.74, 6) is 0.516. The second kappa shape index (κ2) is 5.78. The summed E-state index contributed by atoms with van der Waals surface area (Å²) < 4.78 is 7.21. The highest BCUT2D eigenvalue weighted by molar-refractivity contribution is 5.60. The fourth-order valence-electron chi connectivity index (χ4n) is 2.51. The van der Waals surface area contributed by atoms with Gasteiger partial charge in [-0.2, -0.15) is 5.10 Å². The van der Waals surface area contributed by atoms with E-state index in [9.17, 15) is 10.1 Å². The quantitative estimate of drug-likeness (QED) is 0.640. The smallest absolute Gasteiger partial charge is 0.333 e. The van der Waals surface area contributed by atoms with E-state index >= 15 is 0 Å². The Morgan fingerprint density at radius 2 is 2.20 bits per heavy atom. The average molecular weight is 282 g/mol. The number of hydrogen-bond acceptors (Lipinski definition) is 5. The third-order valence-electron chi connectivity index (χ3n) is 3.56. The molecule has 2 rings (SSSR count). The third kappa shape index (κ3) is 2.77. The summed E-state index contributed by atoms with van der Waals surface area (Å²) in [5.41, 5.74) is 0.533. The molecule has 20 heavy (non-hydrogen) atoms. The van der Waals surface area contributed by atoms with Crippen molar-refractivity contribution in [1.82, 2.24) is 9.78 Å². The van der Waals surface area contributed by atoms with Gasteiger partial charge in [0.2, 0.25) is 5.82 Å². The molecule has 0 unspecified atom stereocenters. The van der Waals surface area contributed by atoms with E-state index in [0.717, 1.165) is 12.8 Å². The number of ether oxygens (including phenoxy) is 1. The molecule has 1 aromatic rings. The molecule has 0 amide bonds. The first-order chi connectivity index (χ1) is 9.43. The summed E-state index contributed by atoms with van der Waals surface area (Å²) in [4.78, 5) is 10.9. The molecule has 1 aliphatic carbocycles. The number of hydrogen-bond donors (Lipinski definition) is 1. The molecule has 0 radical (unpaired) electrons. The minimum Gasteiger partial charge on any atom is -0.378 e. The minimum absolute atomic E-state index is 0.0765. The Kier molecular flexibility index (Phi) is 4.27. The maximum absolute atomic E-state index is 11.2. The summed E-state index contributed by atoms with van der Waals surface area (Å²) in [5, 5.41) is 18.8. The van der Waals surface area contributed by atoms with Gasteiger partial charge in [0.25, 0.3) is 0 Å². The highest BCUT2D eigenvalue weighted by Gasteiger charge is 2.34. The van der Waals surface area contributed by atoms with Crippen LogP contribution in [-0.4, -0.2) is 33.5 Å². The van der Waals surface area contributed by atoms with Gasteiger partial charge in [0, 0.05) is 18.7 Å².